The molecule has 4 heteroatoms. The molecule has 0 bridgehead atoms. The Labute approximate surface area is 83.5 Å². The smallest absolute Gasteiger partial charge is 0.0494 e. The third kappa shape index (κ3) is 1.35. The Hall–Kier alpha value is -0.870. The summed E-state index contributed by atoms with van der Waals surface area (Å²) in [6.45, 7) is 0.802. The number of aliphatic hydroxyl groups excluding tert-OH is 1. The molecule has 1 aromatic heterocycles. The van der Waals surface area contributed by atoms with Gasteiger partial charge < -0.3 is 10.8 Å². The maximum Gasteiger partial charge on any atom is 0.0494 e. The third-order valence-electron chi connectivity index (χ3n) is 3.54. The molecular formula is C10H17N3O. The second-order valence-electron chi connectivity index (χ2n) is 4.17. The third-order valence-corrected chi connectivity index (χ3v) is 3.54. The lowest BCUT2D eigenvalue weighted by atomic mass is 9.60. The monoisotopic (exact) mass is 195 g/mol. The molecule has 2 rings (SSSR count). The Morgan fingerprint density at radius 1 is 1.64 bits per heavy atom. The molecule has 1 aliphatic carbocycles. The lowest BCUT2D eigenvalue weighted by molar-refractivity contribution is 0.0179. The summed E-state index contributed by atoms with van der Waals surface area (Å²) < 4.78 is 0. The fourth-order valence-electron chi connectivity index (χ4n) is 2.42. The molecule has 14 heavy (non-hydrogen) atoms. The first-order valence-electron chi connectivity index (χ1n) is 5.12. The van der Waals surface area contributed by atoms with Crippen molar-refractivity contribution in [2.24, 2.45) is 11.1 Å². The van der Waals surface area contributed by atoms with E-state index in [-0.39, 0.29) is 17.9 Å². The van der Waals surface area contributed by atoms with Crippen LogP contribution in [0.15, 0.2) is 12.3 Å². The molecule has 0 aromatic carbocycles. The maximum atomic E-state index is 9.45. The number of aliphatic hydroxyl groups is 1. The molecule has 1 fully saturated rings. The van der Waals surface area contributed by atoms with Crippen LogP contribution >= 0.6 is 0 Å². The predicted octanol–water partition coefficient (Wildman–Crippen LogP) is 0.615. The first-order valence-corrected chi connectivity index (χ1v) is 5.12. The quantitative estimate of drug-likeness (QED) is 0.659. The molecule has 0 spiro atoms. The normalized spacial score (nSPS) is 21.6. The van der Waals surface area contributed by atoms with E-state index in [1.54, 1.807) is 6.20 Å². The summed E-state index contributed by atoms with van der Waals surface area (Å²) in [4.78, 5) is 0. The van der Waals surface area contributed by atoms with Crippen molar-refractivity contribution in [3.8, 4) is 0 Å². The van der Waals surface area contributed by atoms with Crippen molar-refractivity contribution in [1.82, 2.24) is 10.2 Å². The van der Waals surface area contributed by atoms with Crippen LogP contribution in [-0.2, 0) is 0 Å². The summed E-state index contributed by atoms with van der Waals surface area (Å²) in [7, 11) is 0. The van der Waals surface area contributed by atoms with Crippen LogP contribution in [0.5, 0.6) is 0 Å². The van der Waals surface area contributed by atoms with Gasteiger partial charge >= 0.3 is 0 Å². The van der Waals surface area contributed by atoms with Crippen molar-refractivity contribution in [3.05, 3.63) is 18.0 Å². The van der Waals surface area contributed by atoms with E-state index in [1.165, 1.54) is 6.42 Å². The largest absolute Gasteiger partial charge is 0.396 e. The van der Waals surface area contributed by atoms with Gasteiger partial charge in [0.05, 0.1) is 0 Å². The predicted molar refractivity (Wildman–Crippen MR) is 53.8 cm³/mol. The number of rotatable bonds is 4. The number of hydrogen-bond donors (Lipinski definition) is 3. The van der Waals surface area contributed by atoms with Gasteiger partial charge in [-0.15, -0.1) is 0 Å². The van der Waals surface area contributed by atoms with Crippen LogP contribution in [0.25, 0.3) is 0 Å². The van der Waals surface area contributed by atoms with Crippen LogP contribution in [0.2, 0.25) is 0 Å². The summed E-state index contributed by atoms with van der Waals surface area (Å²) in [6.07, 6.45) is 5.09. The van der Waals surface area contributed by atoms with E-state index in [2.05, 4.69) is 10.2 Å². The highest BCUT2D eigenvalue weighted by atomic mass is 16.3. The zero-order chi connectivity index (χ0) is 10.0. The molecule has 0 unspecified atom stereocenters. The molecular weight excluding hydrogens is 178 g/mol. The molecule has 78 valence electrons. The van der Waals surface area contributed by atoms with Crippen molar-refractivity contribution in [1.29, 1.82) is 0 Å². The molecule has 4 nitrogen and oxygen atoms in total. The van der Waals surface area contributed by atoms with E-state index < -0.39 is 0 Å². The molecule has 0 radical (unpaired) electrons. The molecule has 1 heterocycles. The molecule has 0 saturated heterocycles. The van der Waals surface area contributed by atoms with Crippen LogP contribution in [0.4, 0.5) is 0 Å². The number of nitrogens with one attached hydrogen (secondary N) is 1. The van der Waals surface area contributed by atoms with Crippen molar-refractivity contribution in [2.45, 2.75) is 25.2 Å². The number of aromatic nitrogens is 2. The summed E-state index contributed by atoms with van der Waals surface area (Å²) in [6, 6.07) is 1.95. The van der Waals surface area contributed by atoms with E-state index >= 15 is 0 Å². The van der Waals surface area contributed by atoms with Crippen molar-refractivity contribution in [3.63, 3.8) is 0 Å². The number of aromatic amines is 1. The zero-order valence-electron chi connectivity index (χ0n) is 8.24. The van der Waals surface area contributed by atoms with Gasteiger partial charge in [0.2, 0.25) is 0 Å². The van der Waals surface area contributed by atoms with E-state index in [1.807, 2.05) is 6.07 Å². The highest BCUT2D eigenvalue weighted by Gasteiger charge is 2.44. The molecule has 1 aromatic rings. The molecule has 0 aliphatic heterocycles. The van der Waals surface area contributed by atoms with Gasteiger partial charge in [-0.2, -0.15) is 5.10 Å². The van der Waals surface area contributed by atoms with Crippen molar-refractivity contribution in [2.75, 3.05) is 13.2 Å². The van der Waals surface area contributed by atoms with Gasteiger partial charge in [0, 0.05) is 36.4 Å². The highest BCUT2D eigenvalue weighted by Crippen LogP contribution is 2.50. The average Bonchev–Trinajstić information content (AvgIpc) is 2.63. The maximum absolute atomic E-state index is 9.45. The van der Waals surface area contributed by atoms with Crippen LogP contribution < -0.4 is 5.73 Å². The Morgan fingerprint density at radius 3 is 2.79 bits per heavy atom. The first kappa shape index (κ1) is 9.68. The summed E-state index contributed by atoms with van der Waals surface area (Å²) in [5, 5.41) is 16.3. The second-order valence-corrected chi connectivity index (χ2v) is 4.17. The number of H-pyrrole nitrogens is 1. The number of nitrogens with zero attached hydrogens (tertiary/aromatic N) is 1. The van der Waals surface area contributed by atoms with Gasteiger partial charge in [-0.1, -0.05) is 6.42 Å². The Bertz CT molecular complexity index is 274. The van der Waals surface area contributed by atoms with Gasteiger partial charge in [0.15, 0.2) is 0 Å². The van der Waals surface area contributed by atoms with Gasteiger partial charge in [-0.25, -0.2) is 0 Å². The van der Waals surface area contributed by atoms with Crippen LogP contribution in [0, 0.1) is 5.41 Å². The topological polar surface area (TPSA) is 74.9 Å². The highest BCUT2D eigenvalue weighted by molar-refractivity contribution is 5.14. The summed E-state index contributed by atoms with van der Waals surface area (Å²) in [5.74, 6) is 0.226. The van der Waals surface area contributed by atoms with E-state index in [4.69, 9.17) is 5.73 Å². The van der Waals surface area contributed by atoms with Gasteiger partial charge in [-0.05, 0) is 18.9 Å². The molecule has 1 aliphatic rings. The van der Waals surface area contributed by atoms with Crippen LogP contribution in [-0.4, -0.2) is 28.5 Å². The van der Waals surface area contributed by atoms with Gasteiger partial charge in [0.25, 0.3) is 0 Å². The minimum absolute atomic E-state index is 0.0152. The van der Waals surface area contributed by atoms with Crippen molar-refractivity contribution >= 4 is 0 Å². The minimum atomic E-state index is 0.0152. The molecule has 0 amide bonds. The Kier molecular flexibility index (Phi) is 2.56. The molecule has 1 atom stereocenters. The first-order chi connectivity index (χ1) is 6.82. The van der Waals surface area contributed by atoms with Crippen LogP contribution in [0.3, 0.4) is 0 Å². The second kappa shape index (κ2) is 3.71. The van der Waals surface area contributed by atoms with Gasteiger partial charge in [0.1, 0.15) is 0 Å². The van der Waals surface area contributed by atoms with E-state index in [0.717, 1.165) is 18.5 Å². The lowest BCUT2D eigenvalue weighted by Gasteiger charge is -2.45. The number of hydrogen-bond acceptors (Lipinski definition) is 3. The van der Waals surface area contributed by atoms with E-state index in [9.17, 15) is 5.11 Å². The fraction of sp³-hybridized carbons (Fsp3) is 0.700. The van der Waals surface area contributed by atoms with Crippen LogP contribution in [0.1, 0.15) is 30.9 Å². The van der Waals surface area contributed by atoms with E-state index in [0.29, 0.717) is 6.54 Å². The SMILES string of the molecule is NC[C@@H](c1ccn[nH]1)C1(CO)CCC1. The Morgan fingerprint density at radius 2 is 2.43 bits per heavy atom. The standard InChI is InChI=1S/C10H17N3O/c11-6-8(9-2-5-12-13-9)10(7-14)3-1-4-10/h2,5,8,14H,1,3-4,6-7,11H2,(H,12,13)/t8-/m0/s1. The molecule has 1 saturated carbocycles. The Balaban J connectivity index is 2.20. The zero-order valence-corrected chi connectivity index (χ0v) is 8.24. The average molecular weight is 195 g/mol. The minimum Gasteiger partial charge on any atom is -0.396 e. The summed E-state index contributed by atoms with van der Waals surface area (Å²) in [5.41, 5.74) is 6.85. The molecule has 4 N–H and O–H groups in total. The van der Waals surface area contributed by atoms with Crippen molar-refractivity contribution < 1.29 is 5.11 Å². The fourth-order valence-corrected chi connectivity index (χ4v) is 2.42. The summed E-state index contributed by atoms with van der Waals surface area (Å²) >= 11 is 0. The van der Waals surface area contributed by atoms with Gasteiger partial charge in [-0.3, -0.25) is 5.10 Å². The lowest BCUT2D eigenvalue weighted by Crippen LogP contribution is -2.42. The number of nitrogens with two attached hydrogens (primary N) is 1.